The lowest BCUT2D eigenvalue weighted by molar-refractivity contribution is -0.189. The molecule has 1 aliphatic heterocycles. The van der Waals surface area contributed by atoms with Gasteiger partial charge in [-0.25, -0.2) is 9.18 Å². The molecule has 1 aromatic heterocycles. The fourth-order valence-electron chi connectivity index (χ4n) is 3.51. The van der Waals surface area contributed by atoms with Gasteiger partial charge >= 0.3 is 11.9 Å². The maximum absolute atomic E-state index is 15.1. The minimum atomic E-state index is -4.73. The summed E-state index contributed by atoms with van der Waals surface area (Å²) in [5.41, 5.74) is -1.10. The number of aryl methyl sites for hydroxylation is 1. The Hall–Kier alpha value is -3.63. The number of nitrogens with zero attached hydrogens (tertiary/aromatic N) is 3. The normalized spacial score (nSPS) is 14.5. The average Bonchev–Trinajstić information content (AvgIpc) is 3.11. The predicted octanol–water partition coefficient (Wildman–Crippen LogP) is 4.09. The Bertz CT molecular complexity index is 1230. The molecule has 174 valence electrons. The summed E-state index contributed by atoms with van der Waals surface area (Å²) in [4.78, 5) is 25.5. The molecule has 0 saturated heterocycles. The highest BCUT2D eigenvalue weighted by Crippen LogP contribution is 2.31. The summed E-state index contributed by atoms with van der Waals surface area (Å²) in [6.45, 7) is 1.19. The predicted molar refractivity (Wildman–Crippen MR) is 111 cm³/mol. The number of benzene rings is 2. The fourth-order valence-corrected chi connectivity index (χ4v) is 3.51. The second kappa shape index (κ2) is 8.72. The molecule has 1 aliphatic rings. The number of nitrogens with one attached hydrogen (secondary N) is 1. The monoisotopic (exact) mass is 464 g/mol. The van der Waals surface area contributed by atoms with Crippen LogP contribution in [0.4, 0.5) is 23.2 Å². The van der Waals surface area contributed by atoms with Crippen LogP contribution < -0.4 is 15.7 Å². The van der Waals surface area contributed by atoms with E-state index in [1.807, 2.05) is 0 Å². The highest BCUT2D eigenvalue weighted by Gasteiger charge is 2.39. The first-order valence-electron chi connectivity index (χ1n) is 10.3. The number of ether oxygens (including phenoxy) is 1. The van der Waals surface area contributed by atoms with Gasteiger partial charge < -0.3 is 10.1 Å². The average molecular weight is 464 g/mol. The minimum absolute atomic E-state index is 0.361. The largest absolute Gasteiger partial charge is 0.480 e. The lowest BCUT2D eigenvalue weighted by Gasteiger charge is -2.20. The number of aromatic nitrogens is 3. The van der Waals surface area contributed by atoms with Crippen LogP contribution in [0.2, 0.25) is 0 Å². The van der Waals surface area contributed by atoms with Crippen LogP contribution >= 0.6 is 0 Å². The van der Waals surface area contributed by atoms with Gasteiger partial charge in [0.1, 0.15) is 23.1 Å². The second-order valence-corrected chi connectivity index (χ2v) is 7.64. The molecular formula is C22H20F4N4O3. The van der Waals surface area contributed by atoms with Gasteiger partial charge in [-0.15, -0.1) is 5.10 Å². The van der Waals surface area contributed by atoms with E-state index in [1.54, 1.807) is 30.3 Å². The molecule has 3 aromatic rings. The van der Waals surface area contributed by atoms with Crippen LogP contribution in [0.25, 0.3) is 5.69 Å². The van der Waals surface area contributed by atoms with Gasteiger partial charge in [0.2, 0.25) is 0 Å². The van der Waals surface area contributed by atoms with Crippen LogP contribution in [0.5, 0.6) is 5.75 Å². The van der Waals surface area contributed by atoms with Gasteiger partial charge in [-0.1, -0.05) is 18.2 Å². The molecule has 0 fully saturated rings. The Balaban J connectivity index is 1.79. The van der Waals surface area contributed by atoms with Gasteiger partial charge in [-0.3, -0.25) is 9.36 Å². The van der Waals surface area contributed by atoms with Crippen molar-refractivity contribution in [3.63, 3.8) is 0 Å². The summed E-state index contributed by atoms with van der Waals surface area (Å²) < 4.78 is 61.8. The number of anilines is 1. The SMILES string of the molecule is C[C@H](Oc1cc(-n2nc3n(c2=O)CCCC3)c(F)cc1C(=O)Nc1ccccc1)C(F)(F)F. The first kappa shape index (κ1) is 22.6. The molecule has 33 heavy (non-hydrogen) atoms. The number of amides is 1. The Morgan fingerprint density at radius 3 is 2.58 bits per heavy atom. The summed E-state index contributed by atoms with van der Waals surface area (Å²) in [5.74, 6) is -1.93. The number of hydrogen-bond donors (Lipinski definition) is 1. The lowest BCUT2D eigenvalue weighted by Crippen LogP contribution is -2.32. The van der Waals surface area contributed by atoms with Crippen LogP contribution in [0.1, 0.15) is 35.9 Å². The number of carbonyl (C=O) groups excluding carboxylic acids is 1. The van der Waals surface area contributed by atoms with E-state index in [-0.39, 0.29) is 0 Å². The highest BCUT2D eigenvalue weighted by atomic mass is 19.4. The van der Waals surface area contributed by atoms with E-state index in [2.05, 4.69) is 10.4 Å². The lowest BCUT2D eigenvalue weighted by atomic mass is 10.1. The number of halogens is 4. The van der Waals surface area contributed by atoms with Gasteiger partial charge in [0.15, 0.2) is 6.10 Å². The minimum Gasteiger partial charge on any atom is -0.480 e. The van der Waals surface area contributed by atoms with Gasteiger partial charge in [-0.05, 0) is 38.0 Å². The molecule has 0 bridgehead atoms. The molecule has 7 nitrogen and oxygen atoms in total. The number of rotatable bonds is 5. The van der Waals surface area contributed by atoms with Gasteiger partial charge in [0.05, 0.1) is 5.56 Å². The van der Waals surface area contributed by atoms with E-state index in [0.29, 0.717) is 24.5 Å². The number of carbonyl (C=O) groups is 1. The van der Waals surface area contributed by atoms with Crippen molar-refractivity contribution in [2.75, 3.05) is 5.32 Å². The van der Waals surface area contributed by atoms with Crippen molar-refractivity contribution >= 4 is 11.6 Å². The fraction of sp³-hybridized carbons (Fsp3) is 0.318. The van der Waals surface area contributed by atoms with Crippen molar-refractivity contribution in [2.45, 2.75) is 45.0 Å². The number of para-hydroxylation sites is 1. The van der Waals surface area contributed by atoms with Crippen molar-refractivity contribution in [2.24, 2.45) is 0 Å². The van der Waals surface area contributed by atoms with Crippen LogP contribution in [0, 0.1) is 5.82 Å². The summed E-state index contributed by atoms with van der Waals surface area (Å²) in [6.07, 6.45) is -4.92. The van der Waals surface area contributed by atoms with Crippen molar-refractivity contribution in [3.8, 4) is 11.4 Å². The zero-order chi connectivity index (χ0) is 23.8. The van der Waals surface area contributed by atoms with Crippen LogP contribution in [-0.2, 0) is 13.0 Å². The summed E-state index contributed by atoms with van der Waals surface area (Å²) >= 11 is 0. The van der Waals surface area contributed by atoms with Gasteiger partial charge in [0.25, 0.3) is 5.91 Å². The number of fused-ring (bicyclic) bond motifs is 1. The molecule has 0 spiro atoms. The Morgan fingerprint density at radius 1 is 1.18 bits per heavy atom. The third-order valence-corrected chi connectivity index (χ3v) is 5.29. The smallest absolute Gasteiger partial charge is 0.425 e. The molecular weight excluding hydrogens is 444 g/mol. The van der Waals surface area contributed by atoms with E-state index in [4.69, 9.17) is 4.74 Å². The van der Waals surface area contributed by atoms with Crippen LogP contribution in [0.15, 0.2) is 47.3 Å². The van der Waals surface area contributed by atoms with E-state index in [9.17, 15) is 22.8 Å². The Labute approximate surface area is 185 Å². The first-order valence-corrected chi connectivity index (χ1v) is 10.3. The zero-order valence-electron chi connectivity index (χ0n) is 17.5. The molecule has 0 radical (unpaired) electrons. The van der Waals surface area contributed by atoms with E-state index in [0.717, 1.165) is 36.6 Å². The highest BCUT2D eigenvalue weighted by molar-refractivity contribution is 6.06. The van der Waals surface area contributed by atoms with E-state index in [1.165, 1.54) is 4.57 Å². The third kappa shape index (κ3) is 4.62. The molecule has 0 unspecified atom stereocenters. The molecule has 2 heterocycles. The second-order valence-electron chi connectivity index (χ2n) is 7.64. The maximum atomic E-state index is 15.1. The molecule has 0 saturated carbocycles. The van der Waals surface area contributed by atoms with Crippen LogP contribution in [-0.4, -0.2) is 32.5 Å². The molecule has 1 atom stereocenters. The van der Waals surface area contributed by atoms with E-state index >= 15 is 4.39 Å². The summed E-state index contributed by atoms with van der Waals surface area (Å²) in [6, 6.07) is 9.79. The maximum Gasteiger partial charge on any atom is 0.425 e. The molecule has 0 aliphatic carbocycles. The van der Waals surface area contributed by atoms with Crippen molar-refractivity contribution < 1.29 is 27.1 Å². The summed E-state index contributed by atoms with van der Waals surface area (Å²) in [7, 11) is 0. The topological polar surface area (TPSA) is 78.2 Å². The first-order chi connectivity index (χ1) is 15.6. The van der Waals surface area contributed by atoms with Gasteiger partial charge in [-0.2, -0.15) is 17.9 Å². The van der Waals surface area contributed by atoms with Crippen LogP contribution in [0.3, 0.4) is 0 Å². The van der Waals surface area contributed by atoms with Crippen molar-refractivity contribution in [1.29, 1.82) is 0 Å². The van der Waals surface area contributed by atoms with Crippen molar-refractivity contribution in [3.05, 3.63) is 70.2 Å². The molecule has 2 aromatic carbocycles. The molecule has 11 heteroatoms. The van der Waals surface area contributed by atoms with Gasteiger partial charge in [0, 0.05) is 24.7 Å². The molecule has 4 rings (SSSR count). The Morgan fingerprint density at radius 2 is 1.91 bits per heavy atom. The number of hydrogen-bond acceptors (Lipinski definition) is 4. The number of alkyl halides is 3. The van der Waals surface area contributed by atoms with E-state index < -0.39 is 46.7 Å². The molecule has 1 amide bonds. The third-order valence-electron chi connectivity index (χ3n) is 5.29. The standard InChI is InChI=1S/C22H20F4N4O3/c1-13(22(24,25)26)33-18-12-17(30-21(32)29-10-6-5-9-19(29)28-30)16(23)11-15(18)20(31)27-14-7-3-2-4-8-14/h2-4,7-8,11-13H,5-6,9-10H2,1H3,(H,27,31)/t13-/m0/s1. The molecule has 1 N–H and O–H groups in total. The Kier molecular flexibility index (Phi) is 5.96. The summed E-state index contributed by atoms with van der Waals surface area (Å²) in [5, 5.41) is 6.63. The quantitative estimate of drug-likeness (QED) is 0.577. The van der Waals surface area contributed by atoms with Crippen molar-refractivity contribution in [1.82, 2.24) is 14.3 Å². The zero-order valence-corrected chi connectivity index (χ0v) is 17.5.